The lowest BCUT2D eigenvalue weighted by Gasteiger charge is -2.27. The van der Waals surface area contributed by atoms with Gasteiger partial charge < -0.3 is 4.74 Å². The Bertz CT molecular complexity index is 906. The Balaban J connectivity index is 0.00000240. The van der Waals surface area contributed by atoms with Crippen molar-refractivity contribution in [3.05, 3.63) is 121 Å². The summed E-state index contributed by atoms with van der Waals surface area (Å²) in [7, 11) is -0.127. The van der Waals surface area contributed by atoms with Crippen LogP contribution >= 0.6 is 24.2 Å². The van der Waals surface area contributed by atoms with E-state index in [1.807, 2.05) is 0 Å². The molecule has 3 heteroatoms. The third-order valence-corrected chi connectivity index (χ3v) is 9.55. The summed E-state index contributed by atoms with van der Waals surface area (Å²) in [6.45, 7) is 0. The van der Waals surface area contributed by atoms with Gasteiger partial charge >= 0.3 is 0 Å². The van der Waals surface area contributed by atoms with Crippen molar-refractivity contribution in [3.63, 3.8) is 0 Å². The predicted octanol–water partition coefficient (Wildman–Crippen LogP) is 5.77. The molecule has 146 valence electrons. The lowest BCUT2D eigenvalue weighted by Crippen LogP contribution is -2.32. The van der Waals surface area contributed by atoms with E-state index in [0.717, 1.165) is 11.9 Å². The van der Waals surface area contributed by atoms with Gasteiger partial charge in [0.1, 0.15) is 28.9 Å². The first kappa shape index (κ1) is 21.3. The van der Waals surface area contributed by atoms with Crippen molar-refractivity contribution in [2.45, 2.75) is 6.16 Å². The van der Waals surface area contributed by atoms with Crippen molar-refractivity contribution >= 4 is 40.2 Å². The van der Waals surface area contributed by atoms with E-state index in [9.17, 15) is 0 Å². The number of halogens is 1. The van der Waals surface area contributed by atoms with Crippen LogP contribution in [0, 0.1) is 0 Å². The molecule has 0 spiro atoms. The summed E-state index contributed by atoms with van der Waals surface area (Å²) >= 11 is 0. The van der Waals surface area contributed by atoms with Crippen LogP contribution in [0.5, 0.6) is 5.75 Å². The molecule has 4 rings (SSSR count). The average Bonchev–Trinajstić information content (AvgIpc) is 2.80. The molecule has 0 atom stereocenters. The second kappa shape index (κ2) is 9.87. The van der Waals surface area contributed by atoms with Crippen molar-refractivity contribution in [1.29, 1.82) is 0 Å². The van der Waals surface area contributed by atoms with Gasteiger partial charge in [-0.1, -0.05) is 66.7 Å². The first-order valence-corrected chi connectivity index (χ1v) is 11.5. The quantitative estimate of drug-likeness (QED) is 0.330. The summed E-state index contributed by atoms with van der Waals surface area (Å²) in [5.41, 5.74) is 1.32. The van der Waals surface area contributed by atoms with Gasteiger partial charge in [-0.25, -0.2) is 0 Å². The van der Waals surface area contributed by atoms with Gasteiger partial charge in [0, 0.05) is 0 Å². The monoisotopic (exact) mass is 463 g/mol. The molecule has 0 N–H and O–H groups in total. The lowest BCUT2D eigenvalue weighted by atomic mass is 10.2. The fourth-order valence-corrected chi connectivity index (χ4v) is 8.02. The zero-order chi connectivity index (χ0) is 19.2. The molecule has 0 heterocycles. The van der Waals surface area contributed by atoms with E-state index in [1.54, 1.807) is 7.11 Å². The Labute approximate surface area is 184 Å². The molecule has 0 aliphatic carbocycles. The van der Waals surface area contributed by atoms with Crippen LogP contribution in [0.25, 0.3) is 0 Å². The lowest BCUT2D eigenvalue weighted by molar-refractivity contribution is 0.414. The maximum atomic E-state index is 5.36. The van der Waals surface area contributed by atoms with E-state index in [2.05, 4.69) is 115 Å². The molecule has 0 aliphatic heterocycles. The van der Waals surface area contributed by atoms with Gasteiger partial charge in [-0.2, -0.15) is 0 Å². The Kier molecular flexibility index (Phi) is 7.25. The summed E-state index contributed by atoms with van der Waals surface area (Å²) in [6, 6.07) is 41.5. The molecule has 0 radical (unpaired) electrons. The number of rotatable bonds is 6. The molecule has 0 aromatic heterocycles. The maximum Gasteiger partial charge on any atom is 0.118 e. The van der Waals surface area contributed by atoms with Gasteiger partial charge in [0.15, 0.2) is 0 Å². The van der Waals surface area contributed by atoms with Crippen LogP contribution in [-0.2, 0) is 6.16 Å². The molecule has 0 aliphatic rings. The normalized spacial score (nSPS) is 10.8. The second-order valence-corrected chi connectivity index (χ2v) is 10.3. The van der Waals surface area contributed by atoms with E-state index in [0.29, 0.717) is 0 Å². The molecule has 1 nitrogen and oxygen atoms in total. The van der Waals surface area contributed by atoms with E-state index in [-0.39, 0.29) is 17.0 Å². The van der Waals surface area contributed by atoms with Crippen molar-refractivity contribution in [2.75, 3.05) is 7.11 Å². The summed E-state index contributed by atoms with van der Waals surface area (Å²) in [4.78, 5) is 0. The smallest absolute Gasteiger partial charge is 0.118 e. The van der Waals surface area contributed by atoms with E-state index in [4.69, 9.17) is 4.74 Å². The highest BCUT2D eigenvalue weighted by molar-refractivity contribution is 8.93. The number of methoxy groups -OCH3 is 1. The summed E-state index contributed by atoms with van der Waals surface area (Å²) in [5, 5.41) is 4.22. The van der Waals surface area contributed by atoms with E-state index in [1.165, 1.54) is 21.5 Å². The Morgan fingerprint density at radius 3 is 1.28 bits per heavy atom. The van der Waals surface area contributed by atoms with Crippen molar-refractivity contribution < 1.29 is 4.74 Å². The van der Waals surface area contributed by atoms with Gasteiger partial charge in [-0.15, -0.1) is 17.0 Å². The minimum Gasteiger partial charge on any atom is -0.497 e. The number of hydrogen-bond acceptors (Lipinski definition) is 1. The third-order valence-electron chi connectivity index (χ3n) is 5.17. The van der Waals surface area contributed by atoms with Crippen molar-refractivity contribution in [1.82, 2.24) is 0 Å². The van der Waals surface area contributed by atoms with Gasteiger partial charge in [0.25, 0.3) is 0 Å². The number of benzene rings is 4. The molecule has 0 saturated heterocycles. The van der Waals surface area contributed by atoms with Crippen molar-refractivity contribution in [2.24, 2.45) is 0 Å². The highest BCUT2D eigenvalue weighted by Crippen LogP contribution is 2.58. The minimum absolute atomic E-state index is 0. The van der Waals surface area contributed by atoms with Crippen LogP contribution in [0.15, 0.2) is 115 Å². The third kappa shape index (κ3) is 4.45. The van der Waals surface area contributed by atoms with Crippen LogP contribution in [0.3, 0.4) is 0 Å². The zero-order valence-corrected chi connectivity index (χ0v) is 19.0. The Morgan fingerprint density at radius 1 is 0.552 bits per heavy atom. The van der Waals surface area contributed by atoms with Crippen LogP contribution in [0.1, 0.15) is 5.56 Å². The predicted molar refractivity (Wildman–Crippen MR) is 132 cm³/mol. The molecule has 29 heavy (non-hydrogen) atoms. The molecule has 4 aromatic rings. The molecule has 0 bridgehead atoms. The molecule has 0 amide bonds. The summed E-state index contributed by atoms with van der Waals surface area (Å²) in [5.74, 6) is 0.895. The average molecular weight is 464 g/mol. The number of ether oxygens (including phenoxy) is 1. The maximum absolute atomic E-state index is 5.36. The van der Waals surface area contributed by atoms with Gasteiger partial charge in [-0.05, 0) is 54.1 Å². The van der Waals surface area contributed by atoms with Crippen LogP contribution in [0.4, 0.5) is 0 Å². The Hall–Kier alpha value is -2.41. The molecule has 0 unspecified atom stereocenters. The van der Waals surface area contributed by atoms with Crippen LogP contribution in [-0.4, -0.2) is 7.11 Å². The van der Waals surface area contributed by atoms with Crippen LogP contribution in [0.2, 0.25) is 0 Å². The fraction of sp³-hybridized carbons (Fsp3) is 0.0769. The zero-order valence-electron chi connectivity index (χ0n) is 16.4. The van der Waals surface area contributed by atoms with Gasteiger partial charge in [0.2, 0.25) is 0 Å². The minimum atomic E-state index is -1.84. The fourth-order valence-electron chi connectivity index (χ4n) is 3.77. The first-order valence-electron chi connectivity index (χ1n) is 9.51. The standard InChI is InChI=1S/C26H24OP.BrH/c1-27-23-19-17-22(18-20-23)21-28(24-11-5-2-6-12-24,25-13-7-3-8-14-25)26-15-9-4-10-16-26;/h2-20H,21H2,1H3;1H/q+1;. The highest BCUT2D eigenvalue weighted by Gasteiger charge is 2.45. The van der Waals surface area contributed by atoms with Gasteiger partial charge in [0.05, 0.1) is 13.3 Å². The summed E-state index contributed by atoms with van der Waals surface area (Å²) in [6.07, 6.45) is 0.981. The molecule has 0 fully saturated rings. The van der Waals surface area contributed by atoms with E-state index >= 15 is 0 Å². The molecule has 4 aromatic carbocycles. The largest absolute Gasteiger partial charge is 0.497 e. The van der Waals surface area contributed by atoms with Crippen molar-refractivity contribution in [3.8, 4) is 5.75 Å². The second-order valence-electron chi connectivity index (χ2n) is 6.82. The first-order chi connectivity index (χ1) is 13.8. The van der Waals surface area contributed by atoms with Crippen LogP contribution < -0.4 is 20.7 Å². The number of hydrogen-bond donors (Lipinski definition) is 0. The molecular weight excluding hydrogens is 439 g/mol. The topological polar surface area (TPSA) is 9.23 Å². The SMILES string of the molecule is Br.COc1ccc(C[P+](c2ccccc2)(c2ccccc2)c2ccccc2)cc1. The van der Waals surface area contributed by atoms with E-state index < -0.39 is 7.26 Å². The van der Waals surface area contributed by atoms with Gasteiger partial charge in [-0.3, -0.25) is 0 Å². The molecule has 0 saturated carbocycles. The highest BCUT2D eigenvalue weighted by atomic mass is 79.9. The Morgan fingerprint density at radius 2 is 0.931 bits per heavy atom. The summed E-state index contributed by atoms with van der Waals surface area (Å²) < 4.78 is 5.36. The molecular formula is C26H25BrOP+.